The summed E-state index contributed by atoms with van der Waals surface area (Å²) in [6.07, 6.45) is 1.39. The summed E-state index contributed by atoms with van der Waals surface area (Å²) >= 11 is 1.40. The molecule has 4 aromatic heterocycles. The van der Waals surface area contributed by atoms with Crippen LogP contribution in [0.1, 0.15) is 22.0 Å². The molecule has 0 aliphatic rings. The lowest BCUT2D eigenvalue weighted by molar-refractivity contribution is 0.0951. The van der Waals surface area contributed by atoms with Gasteiger partial charge in [0.25, 0.3) is 5.91 Å². The molecule has 0 aromatic carbocycles. The number of thiophene rings is 1. The number of furan rings is 1. The largest absolute Gasteiger partial charge is 0.460 e. The Morgan fingerprint density at radius 3 is 2.93 bits per heavy atom. The van der Waals surface area contributed by atoms with Crippen molar-refractivity contribution >= 4 is 29.3 Å². The minimum absolute atomic E-state index is 0.0240. The molecule has 0 spiro atoms. The molecule has 0 aliphatic heterocycles. The second-order valence-electron chi connectivity index (χ2n) is 5.30. The Kier molecular flexibility index (Phi) is 4.22. The molecule has 0 unspecified atom stereocenters. The molecule has 0 radical (unpaired) electrons. The van der Waals surface area contributed by atoms with Crippen LogP contribution in [0.5, 0.6) is 0 Å². The molecule has 4 aromatic rings. The van der Waals surface area contributed by atoms with Crippen LogP contribution in [0.4, 0.5) is 5.82 Å². The standard InChI is InChI=1S/C15H12N8O3S/c1-8-4-5-9(25-8)7-17-19-15(24)11-12(10-3-2-6-27-10)23(22-18-11)14-13(16)20-26-21-14/h2-7H,1H3,(H2,16,20)(H,19,24)/b17-7-. The van der Waals surface area contributed by atoms with Gasteiger partial charge in [-0.25, -0.2) is 10.1 Å². The molecule has 0 saturated carbocycles. The molecule has 136 valence electrons. The lowest BCUT2D eigenvalue weighted by atomic mass is 10.2. The number of nitrogens with two attached hydrogens (primary N) is 1. The van der Waals surface area contributed by atoms with Crippen LogP contribution in [-0.4, -0.2) is 37.4 Å². The van der Waals surface area contributed by atoms with Gasteiger partial charge in [0, 0.05) is 0 Å². The number of carbonyl (C=O) groups excluding carboxylic acids is 1. The van der Waals surface area contributed by atoms with Crippen LogP contribution >= 0.6 is 11.3 Å². The average molecular weight is 384 g/mol. The molecule has 4 heterocycles. The Morgan fingerprint density at radius 1 is 1.37 bits per heavy atom. The van der Waals surface area contributed by atoms with Gasteiger partial charge in [-0.3, -0.25) is 4.79 Å². The predicted octanol–water partition coefficient (Wildman–Crippen LogP) is 1.63. The lowest BCUT2D eigenvalue weighted by Crippen LogP contribution is -2.19. The van der Waals surface area contributed by atoms with Crippen LogP contribution in [0.3, 0.4) is 0 Å². The number of aryl methyl sites for hydroxylation is 1. The van der Waals surface area contributed by atoms with Crippen molar-refractivity contribution in [2.45, 2.75) is 6.92 Å². The third-order valence-corrected chi connectivity index (χ3v) is 4.33. The summed E-state index contributed by atoms with van der Waals surface area (Å²) in [5.41, 5.74) is 8.59. The van der Waals surface area contributed by atoms with Crippen molar-refractivity contribution in [3.63, 3.8) is 0 Å². The highest BCUT2D eigenvalue weighted by Crippen LogP contribution is 2.29. The number of hydrogen-bond acceptors (Lipinski definition) is 10. The zero-order valence-electron chi connectivity index (χ0n) is 13.9. The number of nitrogens with zero attached hydrogens (tertiary/aromatic N) is 6. The molecular weight excluding hydrogens is 372 g/mol. The average Bonchev–Trinajstić information content (AvgIpc) is 3.41. The first kappa shape index (κ1) is 16.7. The van der Waals surface area contributed by atoms with Gasteiger partial charge in [0.1, 0.15) is 17.2 Å². The third-order valence-electron chi connectivity index (χ3n) is 3.46. The number of nitrogens with one attached hydrogen (secondary N) is 1. The second-order valence-corrected chi connectivity index (χ2v) is 6.24. The molecule has 4 rings (SSSR count). The van der Waals surface area contributed by atoms with Gasteiger partial charge in [-0.15, -0.1) is 16.4 Å². The van der Waals surface area contributed by atoms with Crippen molar-refractivity contribution in [2.75, 3.05) is 5.73 Å². The number of anilines is 1. The lowest BCUT2D eigenvalue weighted by Gasteiger charge is -2.02. The van der Waals surface area contributed by atoms with Gasteiger partial charge in [0.15, 0.2) is 5.69 Å². The van der Waals surface area contributed by atoms with E-state index in [4.69, 9.17) is 10.2 Å². The molecule has 12 heteroatoms. The van der Waals surface area contributed by atoms with Crippen molar-refractivity contribution in [3.05, 3.63) is 46.9 Å². The molecule has 1 amide bonds. The van der Waals surface area contributed by atoms with Crippen LogP contribution in [0.2, 0.25) is 0 Å². The van der Waals surface area contributed by atoms with E-state index in [1.807, 2.05) is 24.4 Å². The number of hydrogen-bond donors (Lipinski definition) is 2. The van der Waals surface area contributed by atoms with Crippen molar-refractivity contribution < 1.29 is 13.8 Å². The fourth-order valence-electron chi connectivity index (χ4n) is 2.29. The summed E-state index contributed by atoms with van der Waals surface area (Å²) in [7, 11) is 0. The van der Waals surface area contributed by atoms with Gasteiger partial charge in [-0.05, 0) is 40.8 Å². The number of carbonyl (C=O) groups is 1. The number of rotatable bonds is 5. The van der Waals surface area contributed by atoms with E-state index >= 15 is 0 Å². The maximum atomic E-state index is 12.6. The van der Waals surface area contributed by atoms with E-state index in [1.165, 1.54) is 22.2 Å². The van der Waals surface area contributed by atoms with Crippen molar-refractivity contribution in [3.8, 4) is 16.4 Å². The second kappa shape index (κ2) is 6.84. The quantitative estimate of drug-likeness (QED) is 0.389. The van der Waals surface area contributed by atoms with E-state index in [0.29, 0.717) is 11.5 Å². The first-order chi connectivity index (χ1) is 13.1. The van der Waals surface area contributed by atoms with Gasteiger partial charge < -0.3 is 10.2 Å². The minimum atomic E-state index is -0.556. The highest BCUT2D eigenvalue weighted by atomic mass is 32.1. The van der Waals surface area contributed by atoms with Gasteiger partial charge in [0.05, 0.1) is 11.1 Å². The molecular formula is C15H12N8O3S. The van der Waals surface area contributed by atoms with Crippen LogP contribution < -0.4 is 11.2 Å². The van der Waals surface area contributed by atoms with Gasteiger partial charge in [-0.1, -0.05) is 11.3 Å². The van der Waals surface area contributed by atoms with E-state index in [1.54, 1.807) is 12.1 Å². The zero-order valence-corrected chi connectivity index (χ0v) is 14.7. The maximum Gasteiger partial charge on any atom is 0.294 e. The fourth-order valence-corrected chi connectivity index (χ4v) is 3.04. The molecule has 0 atom stereocenters. The number of nitrogen functional groups attached to an aromatic ring is 1. The highest BCUT2D eigenvalue weighted by Gasteiger charge is 2.25. The first-order valence-corrected chi connectivity index (χ1v) is 8.49. The number of hydrazone groups is 1. The molecule has 0 bridgehead atoms. The predicted molar refractivity (Wildman–Crippen MR) is 95.4 cm³/mol. The molecule has 0 saturated heterocycles. The van der Waals surface area contributed by atoms with E-state index in [-0.39, 0.29) is 17.3 Å². The molecule has 27 heavy (non-hydrogen) atoms. The Bertz CT molecular complexity index is 1110. The Labute approximate surface area is 155 Å². The fraction of sp³-hybridized carbons (Fsp3) is 0.0667. The summed E-state index contributed by atoms with van der Waals surface area (Å²) in [6, 6.07) is 7.18. The minimum Gasteiger partial charge on any atom is -0.460 e. The number of aromatic nitrogens is 5. The summed E-state index contributed by atoms with van der Waals surface area (Å²) in [4.78, 5) is 13.3. The smallest absolute Gasteiger partial charge is 0.294 e. The normalized spacial score (nSPS) is 11.3. The Morgan fingerprint density at radius 2 is 2.26 bits per heavy atom. The van der Waals surface area contributed by atoms with E-state index in [2.05, 4.69) is 35.8 Å². The van der Waals surface area contributed by atoms with Crippen LogP contribution in [0.25, 0.3) is 16.4 Å². The van der Waals surface area contributed by atoms with Crippen LogP contribution in [-0.2, 0) is 0 Å². The first-order valence-electron chi connectivity index (χ1n) is 7.61. The van der Waals surface area contributed by atoms with E-state index < -0.39 is 5.91 Å². The molecule has 0 aliphatic carbocycles. The van der Waals surface area contributed by atoms with Crippen LogP contribution in [0.15, 0.2) is 43.8 Å². The summed E-state index contributed by atoms with van der Waals surface area (Å²) in [5.74, 6) is 0.857. The maximum absolute atomic E-state index is 12.6. The van der Waals surface area contributed by atoms with Crippen molar-refractivity contribution in [1.29, 1.82) is 0 Å². The van der Waals surface area contributed by atoms with Gasteiger partial charge in [0.2, 0.25) is 11.6 Å². The Hall–Kier alpha value is -3.80. The van der Waals surface area contributed by atoms with Crippen molar-refractivity contribution in [2.24, 2.45) is 5.10 Å². The summed E-state index contributed by atoms with van der Waals surface area (Å²) in [6.45, 7) is 1.81. The highest BCUT2D eigenvalue weighted by molar-refractivity contribution is 7.13. The van der Waals surface area contributed by atoms with Gasteiger partial charge in [-0.2, -0.15) is 9.78 Å². The summed E-state index contributed by atoms with van der Waals surface area (Å²) < 4.78 is 11.3. The van der Waals surface area contributed by atoms with Crippen molar-refractivity contribution in [1.82, 2.24) is 30.7 Å². The molecule has 3 N–H and O–H groups in total. The van der Waals surface area contributed by atoms with E-state index in [9.17, 15) is 4.79 Å². The summed E-state index contributed by atoms with van der Waals surface area (Å²) in [5, 5.41) is 20.9. The van der Waals surface area contributed by atoms with Gasteiger partial charge >= 0.3 is 0 Å². The third kappa shape index (κ3) is 3.20. The molecule has 11 nitrogen and oxygen atoms in total. The zero-order chi connectivity index (χ0) is 18.8. The molecule has 0 fully saturated rings. The van der Waals surface area contributed by atoms with E-state index in [0.717, 1.165) is 10.6 Å². The SMILES string of the molecule is Cc1ccc(/C=N\NC(=O)c2nnn(-c3nonc3N)c2-c2cccs2)o1. The topological polar surface area (TPSA) is 150 Å². The monoisotopic (exact) mass is 384 g/mol. The Balaban J connectivity index is 1.66. The van der Waals surface area contributed by atoms with Crippen LogP contribution in [0, 0.1) is 6.92 Å². The number of amides is 1.